The van der Waals surface area contributed by atoms with Gasteiger partial charge in [0, 0.05) is 18.2 Å². The zero-order valence-corrected chi connectivity index (χ0v) is 11.2. The fraction of sp³-hybridized carbons (Fsp3) is 0.250. The number of pyridine rings is 1. The van der Waals surface area contributed by atoms with Gasteiger partial charge in [0.15, 0.2) is 0 Å². The van der Waals surface area contributed by atoms with Crippen molar-refractivity contribution in [1.29, 1.82) is 0 Å². The number of hydrogen-bond donors (Lipinski definition) is 3. The highest BCUT2D eigenvalue weighted by atomic mass is 32.1. The van der Waals surface area contributed by atoms with E-state index in [2.05, 4.69) is 15.6 Å². The van der Waals surface area contributed by atoms with Crippen molar-refractivity contribution in [2.45, 2.75) is 18.9 Å². The van der Waals surface area contributed by atoms with Gasteiger partial charge >= 0.3 is 0 Å². The van der Waals surface area contributed by atoms with Crippen LogP contribution in [0.25, 0.3) is 0 Å². The van der Waals surface area contributed by atoms with Crippen molar-refractivity contribution in [2.75, 3.05) is 0 Å². The highest BCUT2D eigenvalue weighted by Gasteiger charge is 2.28. The molecule has 0 aromatic carbocycles. The number of aromatic nitrogens is 1. The van der Waals surface area contributed by atoms with Crippen molar-refractivity contribution in [1.82, 2.24) is 15.6 Å². The van der Waals surface area contributed by atoms with E-state index in [1.807, 2.05) is 0 Å². The second-order valence-corrected chi connectivity index (χ2v) is 4.71. The third kappa shape index (κ3) is 3.15. The number of rotatable bonds is 3. The van der Waals surface area contributed by atoms with Gasteiger partial charge in [0.2, 0.25) is 11.8 Å². The molecular formula is C12H12N4O3S. The summed E-state index contributed by atoms with van der Waals surface area (Å²) >= 11 is 4.78. The molecule has 20 heavy (non-hydrogen) atoms. The van der Waals surface area contributed by atoms with E-state index < -0.39 is 17.9 Å². The minimum atomic E-state index is -0.725. The Labute approximate surface area is 119 Å². The Hall–Kier alpha value is -2.35. The molecule has 1 unspecified atom stereocenters. The van der Waals surface area contributed by atoms with Gasteiger partial charge in [0.25, 0.3) is 5.91 Å². The van der Waals surface area contributed by atoms with Crippen LogP contribution in [0.5, 0.6) is 0 Å². The van der Waals surface area contributed by atoms with Crippen molar-refractivity contribution < 1.29 is 14.4 Å². The highest BCUT2D eigenvalue weighted by molar-refractivity contribution is 7.80. The summed E-state index contributed by atoms with van der Waals surface area (Å²) in [6.45, 7) is 0. The zero-order valence-electron chi connectivity index (χ0n) is 10.4. The molecule has 0 bridgehead atoms. The number of thiocarbonyl (C=S) groups is 1. The third-order valence-electron chi connectivity index (χ3n) is 2.83. The second-order valence-electron chi connectivity index (χ2n) is 4.27. The van der Waals surface area contributed by atoms with E-state index in [1.54, 1.807) is 6.07 Å². The fourth-order valence-electron chi connectivity index (χ4n) is 1.74. The molecule has 1 fully saturated rings. The quantitative estimate of drug-likeness (QED) is 0.499. The number of piperidine rings is 1. The number of imide groups is 1. The Morgan fingerprint density at radius 1 is 1.45 bits per heavy atom. The predicted molar refractivity (Wildman–Crippen MR) is 73.8 cm³/mol. The molecule has 1 atom stereocenters. The number of carbonyl (C=O) groups is 3. The minimum absolute atomic E-state index is 0.148. The molecular weight excluding hydrogens is 280 g/mol. The van der Waals surface area contributed by atoms with Crippen molar-refractivity contribution in [3.05, 3.63) is 29.6 Å². The first-order valence-corrected chi connectivity index (χ1v) is 6.28. The number of amides is 3. The van der Waals surface area contributed by atoms with Gasteiger partial charge in [-0.05, 0) is 18.6 Å². The molecule has 3 amide bonds. The minimum Gasteiger partial charge on any atom is -0.389 e. The Morgan fingerprint density at radius 3 is 2.75 bits per heavy atom. The van der Waals surface area contributed by atoms with E-state index in [9.17, 15) is 14.4 Å². The van der Waals surface area contributed by atoms with Gasteiger partial charge in [-0.25, -0.2) is 0 Å². The Morgan fingerprint density at radius 2 is 2.20 bits per heavy atom. The van der Waals surface area contributed by atoms with Gasteiger partial charge in [0.1, 0.15) is 16.7 Å². The predicted octanol–water partition coefficient (Wildman–Crippen LogP) is -0.749. The second kappa shape index (κ2) is 5.74. The molecule has 2 heterocycles. The first kappa shape index (κ1) is 14.1. The largest absolute Gasteiger partial charge is 0.389 e. The summed E-state index contributed by atoms with van der Waals surface area (Å²) in [7, 11) is 0. The standard InChI is InChI=1S/C12H12N4O3S/c13-10(20)6-1-2-7(14-5-6)11(18)15-8-3-4-9(17)16-12(8)19/h1-2,5,8H,3-4H2,(H2,13,20)(H,15,18)(H,16,17,19). The first-order valence-electron chi connectivity index (χ1n) is 5.88. The number of carbonyl (C=O) groups excluding carboxylic acids is 3. The maximum Gasteiger partial charge on any atom is 0.270 e. The Bertz CT molecular complexity index is 585. The highest BCUT2D eigenvalue weighted by Crippen LogP contribution is 2.06. The van der Waals surface area contributed by atoms with E-state index in [0.29, 0.717) is 5.56 Å². The fourth-order valence-corrected chi connectivity index (χ4v) is 1.86. The molecule has 1 aliphatic rings. The summed E-state index contributed by atoms with van der Waals surface area (Å²) in [5.41, 5.74) is 6.13. The van der Waals surface area contributed by atoms with E-state index in [4.69, 9.17) is 18.0 Å². The summed E-state index contributed by atoms with van der Waals surface area (Å²) in [6.07, 6.45) is 1.87. The molecule has 8 heteroatoms. The lowest BCUT2D eigenvalue weighted by Crippen LogP contribution is -2.52. The maximum atomic E-state index is 11.9. The zero-order chi connectivity index (χ0) is 14.7. The average molecular weight is 292 g/mol. The van der Waals surface area contributed by atoms with Crippen LogP contribution in [0.15, 0.2) is 18.3 Å². The molecule has 0 saturated carbocycles. The van der Waals surface area contributed by atoms with Gasteiger partial charge in [-0.2, -0.15) is 0 Å². The van der Waals surface area contributed by atoms with Crippen molar-refractivity contribution in [2.24, 2.45) is 5.73 Å². The van der Waals surface area contributed by atoms with Crippen LogP contribution in [0.2, 0.25) is 0 Å². The molecule has 1 aromatic heterocycles. The molecule has 7 nitrogen and oxygen atoms in total. The van der Waals surface area contributed by atoms with Crippen molar-refractivity contribution in [3.63, 3.8) is 0 Å². The third-order valence-corrected chi connectivity index (χ3v) is 3.06. The van der Waals surface area contributed by atoms with Crippen LogP contribution in [0, 0.1) is 0 Å². The van der Waals surface area contributed by atoms with Gasteiger partial charge in [0.05, 0.1) is 0 Å². The van der Waals surface area contributed by atoms with Gasteiger partial charge < -0.3 is 11.1 Å². The van der Waals surface area contributed by atoms with Crippen LogP contribution >= 0.6 is 12.2 Å². The van der Waals surface area contributed by atoms with Crippen molar-refractivity contribution in [3.8, 4) is 0 Å². The lowest BCUT2D eigenvalue weighted by Gasteiger charge is -2.21. The molecule has 1 saturated heterocycles. The van der Waals surface area contributed by atoms with Gasteiger partial charge in [-0.1, -0.05) is 12.2 Å². The summed E-state index contributed by atoms with van der Waals surface area (Å²) in [5, 5.41) is 4.69. The number of nitrogens with two attached hydrogens (primary N) is 1. The van der Waals surface area contributed by atoms with Crippen LogP contribution in [-0.4, -0.2) is 33.7 Å². The summed E-state index contributed by atoms with van der Waals surface area (Å²) < 4.78 is 0. The number of hydrogen-bond acceptors (Lipinski definition) is 5. The molecule has 0 aliphatic carbocycles. The van der Waals surface area contributed by atoms with Crippen LogP contribution < -0.4 is 16.4 Å². The van der Waals surface area contributed by atoms with E-state index in [-0.39, 0.29) is 29.4 Å². The summed E-state index contributed by atoms with van der Waals surface area (Å²) in [5.74, 6) is -1.33. The summed E-state index contributed by atoms with van der Waals surface area (Å²) in [6, 6.07) is 2.32. The van der Waals surface area contributed by atoms with E-state index in [0.717, 1.165) is 0 Å². The number of nitrogens with one attached hydrogen (secondary N) is 2. The molecule has 104 valence electrons. The van der Waals surface area contributed by atoms with E-state index in [1.165, 1.54) is 12.3 Å². The maximum absolute atomic E-state index is 11.9. The van der Waals surface area contributed by atoms with Crippen LogP contribution in [0.4, 0.5) is 0 Å². The average Bonchev–Trinajstić information content (AvgIpc) is 2.42. The lowest BCUT2D eigenvalue weighted by atomic mass is 10.1. The van der Waals surface area contributed by atoms with Crippen LogP contribution in [-0.2, 0) is 9.59 Å². The van der Waals surface area contributed by atoms with Gasteiger partial charge in [-0.3, -0.25) is 24.7 Å². The SMILES string of the molecule is NC(=S)c1ccc(C(=O)NC2CCC(=O)NC2=O)nc1. The molecule has 1 aliphatic heterocycles. The number of nitrogens with zero attached hydrogens (tertiary/aromatic N) is 1. The normalized spacial score (nSPS) is 18.3. The van der Waals surface area contributed by atoms with E-state index >= 15 is 0 Å². The smallest absolute Gasteiger partial charge is 0.270 e. The molecule has 1 aromatic rings. The molecule has 0 spiro atoms. The first-order chi connectivity index (χ1) is 9.47. The monoisotopic (exact) mass is 292 g/mol. The van der Waals surface area contributed by atoms with Crippen molar-refractivity contribution >= 4 is 34.9 Å². The van der Waals surface area contributed by atoms with Gasteiger partial charge in [-0.15, -0.1) is 0 Å². The molecule has 0 radical (unpaired) electrons. The Kier molecular flexibility index (Phi) is 4.04. The summed E-state index contributed by atoms with van der Waals surface area (Å²) in [4.78, 5) is 38.5. The van der Waals surface area contributed by atoms with Crippen LogP contribution in [0.3, 0.4) is 0 Å². The molecule has 4 N–H and O–H groups in total. The molecule has 2 rings (SSSR count). The topological polar surface area (TPSA) is 114 Å². The van der Waals surface area contributed by atoms with Crippen LogP contribution in [0.1, 0.15) is 28.9 Å². The Balaban J connectivity index is 2.03. The lowest BCUT2D eigenvalue weighted by molar-refractivity contribution is -0.134.